The largest absolute Gasteiger partial charge is 0.303 e. The van der Waals surface area contributed by atoms with Crippen molar-refractivity contribution in [3.8, 4) is 0 Å². The summed E-state index contributed by atoms with van der Waals surface area (Å²) < 4.78 is 13.5. The first-order chi connectivity index (χ1) is 9.20. The van der Waals surface area contributed by atoms with Gasteiger partial charge in [-0.3, -0.25) is 4.79 Å². The number of benzene rings is 1. The zero-order valence-electron chi connectivity index (χ0n) is 11.6. The SMILES string of the molecule is CCCC1CCN(CCC(=O)c2ccccc2F)C1. The monoisotopic (exact) mass is 263 g/mol. The van der Waals surface area contributed by atoms with Crippen LogP contribution in [0.1, 0.15) is 43.0 Å². The highest BCUT2D eigenvalue weighted by Gasteiger charge is 2.22. The van der Waals surface area contributed by atoms with Gasteiger partial charge in [-0.25, -0.2) is 4.39 Å². The fourth-order valence-electron chi connectivity index (χ4n) is 2.84. The van der Waals surface area contributed by atoms with Crippen LogP contribution in [0.2, 0.25) is 0 Å². The number of rotatable bonds is 6. The van der Waals surface area contributed by atoms with Gasteiger partial charge in [0.15, 0.2) is 5.78 Å². The number of hydrogen-bond acceptors (Lipinski definition) is 2. The van der Waals surface area contributed by atoms with Gasteiger partial charge in [-0.15, -0.1) is 0 Å². The maximum Gasteiger partial charge on any atom is 0.167 e. The molecule has 2 nitrogen and oxygen atoms in total. The molecule has 0 radical (unpaired) electrons. The maximum absolute atomic E-state index is 13.5. The Morgan fingerprint density at radius 3 is 2.95 bits per heavy atom. The highest BCUT2D eigenvalue weighted by molar-refractivity contribution is 5.96. The number of carbonyl (C=O) groups is 1. The molecule has 3 heteroatoms. The molecule has 0 bridgehead atoms. The normalized spacial score (nSPS) is 19.8. The molecule has 1 aromatic carbocycles. The number of ketones is 1. The lowest BCUT2D eigenvalue weighted by molar-refractivity contribution is 0.0964. The van der Waals surface area contributed by atoms with Gasteiger partial charge in [0.05, 0.1) is 5.56 Å². The Morgan fingerprint density at radius 1 is 1.42 bits per heavy atom. The van der Waals surface area contributed by atoms with Crippen molar-refractivity contribution in [1.82, 2.24) is 4.90 Å². The van der Waals surface area contributed by atoms with Gasteiger partial charge in [0.2, 0.25) is 0 Å². The van der Waals surface area contributed by atoms with Crippen LogP contribution in [0.15, 0.2) is 24.3 Å². The van der Waals surface area contributed by atoms with Crippen molar-refractivity contribution in [3.63, 3.8) is 0 Å². The Bertz CT molecular complexity index is 433. The Kier molecular flexibility index (Phi) is 5.08. The predicted molar refractivity (Wildman–Crippen MR) is 74.8 cm³/mol. The third-order valence-electron chi connectivity index (χ3n) is 3.90. The Balaban J connectivity index is 1.80. The fraction of sp³-hybridized carbons (Fsp3) is 0.562. The first-order valence-electron chi connectivity index (χ1n) is 7.20. The van der Waals surface area contributed by atoms with E-state index < -0.39 is 5.82 Å². The summed E-state index contributed by atoms with van der Waals surface area (Å²) in [6.45, 7) is 5.14. The highest BCUT2D eigenvalue weighted by Crippen LogP contribution is 2.21. The van der Waals surface area contributed by atoms with Crippen molar-refractivity contribution in [1.29, 1.82) is 0 Å². The molecule has 0 amide bonds. The van der Waals surface area contributed by atoms with E-state index in [1.807, 2.05) is 0 Å². The molecule has 1 atom stereocenters. The molecule has 1 heterocycles. The molecule has 1 aromatic rings. The van der Waals surface area contributed by atoms with E-state index in [0.717, 1.165) is 25.6 Å². The summed E-state index contributed by atoms with van der Waals surface area (Å²) >= 11 is 0. The Labute approximate surface area is 114 Å². The van der Waals surface area contributed by atoms with Gasteiger partial charge in [0.25, 0.3) is 0 Å². The van der Waals surface area contributed by atoms with Crippen LogP contribution in [0, 0.1) is 11.7 Å². The lowest BCUT2D eigenvalue weighted by atomic mass is 10.0. The minimum atomic E-state index is -0.405. The van der Waals surface area contributed by atoms with Gasteiger partial charge in [-0.05, 0) is 37.4 Å². The average Bonchev–Trinajstić information content (AvgIpc) is 2.85. The second kappa shape index (κ2) is 6.80. The van der Waals surface area contributed by atoms with Crippen molar-refractivity contribution in [2.75, 3.05) is 19.6 Å². The van der Waals surface area contributed by atoms with Crippen LogP contribution in [0.4, 0.5) is 4.39 Å². The maximum atomic E-state index is 13.5. The molecule has 19 heavy (non-hydrogen) atoms. The summed E-state index contributed by atoms with van der Waals surface area (Å²) in [5.41, 5.74) is 0.229. The van der Waals surface area contributed by atoms with E-state index in [2.05, 4.69) is 11.8 Å². The molecule has 0 N–H and O–H groups in total. The van der Waals surface area contributed by atoms with E-state index in [-0.39, 0.29) is 11.3 Å². The standard InChI is InChI=1S/C16H22FNO/c1-2-5-13-8-10-18(12-13)11-9-16(19)14-6-3-4-7-15(14)17/h3-4,6-7,13H,2,5,8-12H2,1H3. The van der Waals surface area contributed by atoms with Crippen molar-refractivity contribution >= 4 is 5.78 Å². The molecule has 0 saturated carbocycles. The van der Waals surface area contributed by atoms with Crippen molar-refractivity contribution < 1.29 is 9.18 Å². The molecule has 1 unspecified atom stereocenters. The molecule has 104 valence electrons. The number of halogens is 1. The van der Waals surface area contributed by atoms with E-state index in [0.29, 0.717) is 6.42 Å². The number of carbonyl (C=O) groups excluding carboxylic acids is 1. The second-order valence-corrected chi connectivity index (χ2v) is 5.40. The average molecular weight is 263 g/mol. The van der Waals surface area contributed by atoms with Gasteiger partial charge < -0.3 is 4.90 Å². The predicted octanol–water partition coefficient (Wildman–Crippen LogP) is 3.52. The summed E-state index contributed by atoms with van der Waals surface area (Å²) in [7, 11) is 0. The highest BCUT2D eigenvalue weighted by atomic mass is 19.1. The number of nitrogens with zero attached hydrogens (tertiary/aromatic N) is 1. The summed E-state index contributed by atoms with van der Waals surface area (Å²) in [6, 6.07) is 6.24. The van der Waals surface area contributed by atoms with Crippen LogP contribution in [0.5, 0.6) is 0 Å². The molecule has 1 aliphatic heterocycles. The molecule has 0 aromatic heterocycles. The van der Waals surface area contributed by atoms with Crippen LogP contribution < -0.4 is 0 Å². The number of likely N-dealkylation sites (tertiary alicyclic amines) is 1. The molecule has 1 fully saturated rings. The Hall–Kier alpha value is -1.22. The summed E-state index contributed by atoms with van der Waals surface area (Å²) in [6.07, 6.45) is 4.16. The quantitative estimate of drug-likeness (QED) is 0.732. The molecule has 0 spiro atoms. The Morgan fingerprint density at radius 2 is 2.21 bits per heavy atom. The van der Waals surface area contributed by atoms with Crippen LogP contribution in [-0.4, -0.2) is 30.3 Å². The third-order valence-corrected chi connectivity index (χ3v) is 3.90. The third kappa shape index (κ3) is 3.87. The summed E-state index contributed by atoms with van der Waals surface area (Å²) in [5.74, 6) is 0.295. The smallest absolute Gasteiger partial charge is 0.167 e. The van der Waals surface area contributed by atoms with Gasteiger partial charge in [0.1, 0.15) is 5.82 Å². The number of hydrogen-bond donors (Lipinski definition) is 0. The van der Waals surface area contributed by atoms with E-state index in [4.69, 9.17) is 0 Å². The first-order valence-corrected chi connectivity index (χ1v) is 7.20. The van der Waals surface area contributed by atoms with Crippen LogP contribution in [-0.2, 0) is 0 Å². The molecule has 2 rings (SSSR count). The zero-order chi connectivity index (χ0) is 13.7. The van der Waals surface area contributed by atoms with E-state index >= 15 is 0 Å². The molecule has 1 aliphatic rings. The van der Waals surface area contributed by atoms with E-state index in [9.17, 15) is 9.18 Å². The lowest BCUT2D eigenvalue weighted by Crippen LogP contribution is -2.24. The van der Waals surface area contributed by atoms with Crippen molar-refractivity contribution in [2.24, 2.45) is 5.92 Å². The molecule has 0 aliphatic carbocycles. The number of Topliss-reactive ketones (excluding diaryl/α,β-unsaturated/α-hetero) is 1. The lowest BCUT2D eigenvalue weighted by Gasteiger charge is -2.15. The van der Waals surface area contributed by atoms with E-state index in [1.165, 1.54) is 25.3 Å². The zero-order valence-corrected chi connectivity index (χ0v) is 11.6. The van der Waals surface area contributed by atoms with Crippen LogP contribution >= 0.6 is 0 Å². The first kappa shape index (κ1) is 14.2. The van der Waals surface area contributed by atoms with E-state index in [1.54, 1.807) is 18.2 Å². The van der Waals surface area contributed by atoms with Crippen LogP contribution in [0.25, 0.3) is 0 Å². The minimum absolute atomic E-state index is 0.0861. The van der Waals surface area contributed by atoms with Crippen molar-refractivity contribution in [2.45, 2.75) is 32.6 Å². The van der Waals surface area contributed by atoms with Gasteiger partial charge in [0, 0.05) is 19.5 Å². The van der Waals surface area contributed by atoms with Gasteiger partial charge in [-0.2, -0.15) is 0 Å². The summed E-state index contributed by atoms with van der Waals surface area (Å²) in [4.78, 5) is 14.3. The van der Waals surface area contributed by atoms with Crippen LogP contribution in [0.3, 0.4) is 0 Å². The van der Waals surface area contributed by atoms with Gasteiger partial charge in [-0.1, -0.05) is 25.5 Å². The van der Waals surface area contributed by atoms with Crippen molar-refractivity contribution in [3.05, 3.63) is 35.6 Å². The topological polar surface area (TPSA) is 20.3 Å². The summed E-state index contributed by atoms with van der Waals surface area (Å²) in [5, 5.41) is 0. The molecular weight excluding hydrogens is 241 g/mol. The molecular formula is C16H22FNO. The molecule has 1 saturated heterocycles. The second-order valence-electron chi connectivity index (χ2n) is 5.40. The fourth-order valence-corrected chi connectivity index (χ4v) is 2.84. The minimum Gasteiger partial charge on any atom is -0.303 e. The van der Waals surface area contributed by atoms with Gasteiger partial charge >= 0.3 is 0 Å².